The van der Waals surface area contributed by atoms with Gasteiger partial charge in [0.15, 0.2) is 5.76 Å². The minimum absolute atomic E-state index is 0.110. The maximum atomic E-state index is 13.1. The van der Waals surface area contributed by atoms with Crippen molar-refractivity contribution in [3.63, 3.8) is 0 Å². The van der Waals surface area contributed by atoms with Crippen LogP contribution in [-0.2, 0) is 4.79 Å². The zero-order chi connectivity index (χ0) is 18.0. The van der Waals surface area contributed by atoms with E-state index < -0.39 is 17.6 Å². The zero-order valence-corrected chi connectivity index (χ0v) is 14.0. The van der Waals surface area contributed by atoms with Gasteiger partial charge in [0.25, 0.3) is 5.91 Å². The summed E-state index contributed by atoms with van der Waals surface area (Å²) in [5.74, 6) is -1.23. The van der Waals surface area contributed by atoms with Gasteiger partial charge in [-0.3, -0.25) is 9.59 Å². The number of hydrogen-bond acceptors (Lipinski definition) is 3. The molecule has 0 spiro atoms. The van der Waals surface area contributed by atoms with Crippen molar-refractivity contribution >= 4 is 40.1 Å². The first-order chi connectivity index (χ1) is 11.9. The summed E-state index contributed by atoms with van der Waals surface area (Å²) >= 11 is 5.91. The van der Waals surface area contributed by atoms with E-state index >= 15 is 0 Å². The van der Waals surface area contributed by atoms with Gasteiger partial charge in [-0.25, -0.2) is 4.39 Å². The summed E-state index contributed by atoms with van der Waals surface area (Å²) < 4.78 is 18.6. The first kappa shape index (κ1) is 17.0. The van der Waals surface area contributed by atoms with E-state index in [-0.39, 0.29) is 12.3 Å². The Morgan fingerprint density at radius 2 is 2.00 bits per heavy atom. The maximum absolute atomic E-state index is 13.1. The van der Waals surface area contributed by atoms with Crippen molar-refractivity contribution in [3.8, 4) is 0 Å². The molecule has 0 fully saturated rings. The summed E-state index contributed by atoms with van der Waals surface area (Å²) in [6.07, 6.45) is 0. The lowest BCUT2D eigenvalue weighted by atomic mass is 10.2. The third-order valence-electron chi connectivity index (χ3n) is 3.52. The molecule has 128 valence electrons. The van der Waals surface area contributed by atoms with Gasteiger partial charge in [0.05, 0.1) is 6.54 Å². The molecule has 3 aromatic rings. The van der Waals surface area contributed by atoms with Crippen molar-refractivity contribution in [2.24, 2.45) is 0 Å². The molecular formula is C18H14ClFN2O3. The molecule has 25 heavy (non-hydrogen) atoms. The third-order valence-corrected chi connectivity index (χ3v) is 3.76. The van der Waals surface area contributed by atoms with Crippen LogP contribution in [0, 0.1) is 5.82 Å². The summed E-state index contributed by atoms with van der Waals surface area (Å²) in [4.78, 5) is 25.6. The van der Waals surface area contributed by atoms with Crippen LogP contribution < -0.4 is 5.32 Å². The molecule has 3 rings (SSSR count). The predicted octanol–water partition coefficient (Wildman–Crippen LogP) is 3.94. The number of anilines is 1. The number of benzene rings is 2. The lowest BCUT2D eigenvalue weighted by Gasteiger charge is -2.15. The highest BCUT2D eigenvalue weighted by atomic mass is 35.5. The predicted molar refractivity (Wildman–Crippen MR) is 93.2 cm³/mol. The number of nitrogens with zero attached hydrogens (tertiary/aromatic N) is 1. The van der Waals surface area contributed by atoms with Crippen molar-refractivity contribution in [3.05, 3.63) is 65.1 Å². The Morgan fingerprint density at radius 3 is 2.76 bits per heavy atom. The minimum atomic E-state index is -0.455. The maximum Gasteiger partial charge on any atom is 0.289 e. The highest BCUT2D eigenvalue weighted by Crippen LogP contribution is 2.23. The van der Waals surface area contributed by atoms with Crippen molar-refractivity contribution in [1.29, 1.82) is 0 Å². The van der Waals surface area contributed by atoms with Crippen LogP contribution in [0.3, 0.4) is 0 Å². The molecule has 0 unspecified atom stereocenters. The summed E-state index contributed by atoms with van der Waals surface area (Å²) in [5.41, 5.74) is 0.856. The minimum Gasteiger partial charge on any atom is -0.451 e. The van der Waals surface area contributed by atoms with Crippen LogP contribution >= 0.6 is 11.6 Å². The number of amides is 2. The van der Waals surface area contributed by atoms with E-state index in [0.717, 1.165) is 0 Å². The van der Waals surface area contributed by atoms with Crippen LogP contribution in [0.15, 0.2) is 52.9 Å². The molecule has 0 atom stereocenters. The number of likely N-dealkylation sites (N-methyl/N-ethyl adjacent to an activating group) is 1. The van der Waals surface area contributed by atoms with Gasteiger partial charge in [0.1, 0.15) is 11.4 Å². The molecule has 1 heterocycles. The van der Waals surface area contributed by atoms with Crippen molar-refractivity contribution in [2.75, 3.05) is 18.9 Å². The fourth-order valence-corrected chi connectivity index (χ4v) is 2.54. The van der Waals surface area contributed by atoms with E-state index in [1.807, 2.05) is 0 Å². The van der Waals surface area contributed by atoms with E-state index in [4.69, 9.17) is 16.0 Å². The van der Waals surface area contributed by atoms with E-state index in [9.17, 15) is 14.0 Å². The molecule has 5 nitrogen and oxygen atoms in total. The SMILES string of the molecule is CN(CC(=O)Nc1cccc(F)c1)C(=O)c1cc2cc(Cl)ccc2o1. The number of rotatable bonds is 4. The van der Waals surface area contributed by atoms with E-state index in [2.05, 4.69) is 5.32 Å². The average Bonchev–Trinajstić information content (AvgIpc) is 2.96. The molecule has 0 saturated carbocycles. The average molecular weight is 361 g/mol. The van der Waals surface area contributed by atoms with E-state index in [1.165, 1.54) is 30.1 Å². The standard InChI is InChI=1S/C18H14ClFN2O3/c1-22(10-17(23)21-14-4-2-3-13(20)9-14)18(24)16-8-11-7-12(19)5-6-15(11)25-16/h2-9H,10H2,1H3,(H,21,23). The number of fused-ring (bicyclic) bond motifs is 1. The molecule has 1 aromatic heterocycles. The third kappa shape index (κ3) is 3.97. The summed E-state index contributed by atoms with van der Waals surface area (Å²) in [7, 11) is 1.48. The molecule has 0 aliphatic rings. The summed E-state index contributed by atoms with van der Waals surface area (Å²) in [5, 5.41) is 3.77. The first-order valence-corrected chi connectivity index (χ1v) is 7.80. The number of carbonyl (C=O) groups excluding carboxylic acids is 2. The number of nitrogens with one attached hydrogen (secondary N) is 1. The summed E-state index contributed by atoms with van der Waals surface area (Å²) in [6.45, 7) is -0.201. The van der Waals surface area contributed by atoms with Crippen LogP contribution in [-0.4, -0.2) is 30.3 Å². The number of carbonyl (C=O) groups is 2. The largest absolute Gasteiger partial charge is 0.451 e. The lowest BCUT2D eigenvalue weighted by Crippen LogP contribution is -2.34. The molecule has 7 heteroatoms. The van der Waals surface area contributed by atoms with Gasteiger partial charge in [0, 0.05) is 23.1 Å². The van der Waals surface area contributed by atoms with Gasteiger partial charge in [-0.15, -0.1) is 0 Å². The van der Waals surface area contributed by atoms with Crippen molar-refractivity contribution < 1.29 is 18.4 Å². The van der Waals surface area contributed by atoms with Gasteiger partial charge in [0.2, 0.25) is 5.91 Å². The quantitative estimate of drug-likeness (QED) is 0.766. The second kappa shape index (κ2) is 6.94. The molecule has 2 aromatic carbocycles. The smallest absolute Gasteiger partial charge is 0.289 e. The molecule has 0 saturated heterocycles. The highest BCUT2D eigenvalue weighted by Gasteiger charge is 2.19. The molecule has 2 amide bonds. The number of halogens is 2. The van der Waals surface area contributed by atoms with Crippen LogP contribution in [0.5, 0.6) is 0 Å². The Morgan fingerprint density at radius 1 is 1.20 bits per heavy atom. The van der Waals surface area contributed by atoms with Gasteiger partial charge < -0.3 is 14.6 Å². The second-order valence-corrected chi connectivity index (χ2v) is 5.95. The van der Waals surface area contributed by atoms with Crippen molar-refractivity contribution in [1.82, 2.24) is 4.90 Å². The Hall–Kier alpha value is -2.86. The molecule has 0 radical (unpaired) electrons. The van der Waals surface area contributed by atoms with Gasteiger partial charge in [-0.2, -0.15) is 0 Å². The number of hydrogen-bond donors (Lipinski definition) is 1. The van der Waals surface area contributed by atoms with Gasteiger partial charge >= 0.3 is 0 Å². The van der Waals surface area contributed by atoms with Gasteiger partial charge in [-0.05, 0) is 42.5 Å². The van der Waals surface area contributed by atoms with E-state index in [1.54, 1.807) is 30.3 Å². The highest BCUT2D eigenvalue weighted by molar-refractivity contribution is 6.31. The fraction of sp³-hybridized carbons (Fsp3) is 0.111. The van der Waals surface area contributed by atoms with Crippen LogP contribution in [0.25, 0.3) is 11.0 Å². The van der Waals surface area contributed by atoms with Crippen LogP contribution in [0.4, 0.5) is 10.1 Å². The monoisotopic (exact) mass is 360 g/mol. The molecule has 0 bridgehead atoms. The molecular weight excluding hydrogens is 347 g/mol. The van der Waals surface area contributed by atoms with E-state index in [0.29, 0.717) is 21.7 Å². The van der Waals surface area contributed by atoms with Crippen molar-refractivity contribution in [2.45, 2.75) is 0 Å². The van der Waals surface area contributed by atoms with Crippen LogP contribution in [0.2, 0.25) is 5.02 Å². The van der Waals surface area contributed by atoms with Gasteiger partial charge in [-0.1, -0.05) is 17.7 Å². The Kier molecular flexibility index (Phi) is 4.72. The first-order valence-electron chi connectivity index (χ1n) is 7.42. The molecule has 1 N–H and O–H groups in total. The normalized spacial score (nSPS) is 10.7. The zero-order valence-electron chi connectivity index (χ0n) is 13.3. The lowest BCUT2D eigenvalue weighted by molar-refractivity contribution is -0.116. The summed E-state index contributed by atoms with van der Waals surface area (Å²) in [6, 6.07) is 12.1. The number of furan rings is 1. The molecule has 0 aliphatic heterocycles. The molecule has 0 aliphatic carbocycles. The van der Waals surface area contributed by atoms with Crippen LogP contribution in [0.1, 0.15) is 10.6 Å². The Balaban J connectivity index is 1.67. The topological polar surface area (TPSA) is 62.6 Å². The second-order valence-electron chi connectivity index (χ2n) is 5.51. The Labute approximate surface area is 148 Å². The fourth-order valence-electron chi connectivity index (χ4n) is 2.36. The Bertz CT molecular complexity index is 954.